The summed E-state index contributed by atoms with van der Waals surface area (Å²) in [5.41, 5.74) is 0. The van der Waals surface area contributed by atoms with E-state index >= 15 is 0 Å². The van der Waals surface area contributed by atoms with Crippen LogP contribution < -0.4 is 5.32 Å². The van der Waals surface area contributed by atoms with E-state index in [1.165, 1.54) is 38.8 Å². The van der Waals surface area contributed by atoms with Gasteiger partial charge in [-0.05, 0) is 70.0 Å². The molecule has 3 fully saturated rings. The third kappa shape index (κ3) is 2.79. The maximum absolute atomic E-state index is 10.7. The summed E-state index contributed by atoms with van der Waals surface area (Å²) in [5.74, 6) is 0.952. The summed E-state index contributed by atoms with van der Waals surface area (Å²) >= 11 is 0. The third-order valence-corrected chi connectivity index (χ3v) is 5.41. The molecule has 19 heavy (non-hydrogen) atoms. The van der Waals surface area contributed by atoms with Gasteiger partial charge in [-0.25, -0.2) is 0 Å². The molecule has 4 atom stereocenters. The molecule has 0 saturated carbocycles. The fourth-order valence-electron chi connectivity index (χ4n) is 4.66. The number of nitrogens with zero attached hydrogens (tertiary/aromatic N) is 1. The van der Waals surface area contributed by atoms with Crippen molar-refractivity contribution in [2.24, 2.45) is 11.8 Å². The van der Waals surface area contributed by atoms with Gasteiger partial charge in [0, 0.05) is 18.5 Å². The van der Waals surface area contributed by atoms with Gasteiger partial charge >= 0.3 is 5.97 Å². The molecule has 108 valence electrons. The number of rotatable bonds is 4. The van der Waals surface area contributed by atoms with Crippen molar-refractivity contribution in [1.82, 2.24) is 10.2 Å². The van der Waals surface area contributed by atoms with E-state index in [1.807, 2.05) is 0 Å². The molecular formula is C15H26N2O2. The van der Waals surface area contributed by atoms with E-state index in [0.717, 1.165) is 37.3 Å². The maximum atomic E-state index is 10.7. The van der Waals surface area contributed by atoms with Gasteiger partial charge in [0.2, 0.25) is 0 Å². The van der Waals surface area contributed by atoms with Crippen LogP contribution in [0.5, 0.6) is 0 Å². The Morgan fingerprint density at radius 3 is 2.84 bits per heavy atom. The molecule has 0 unspecified atom stereocenters. The molecule has 0 aromatic heterocycles. The predicted molar refractivity (Wildman–Crippen MR) is 74.1 cm³/mol. The molecule has 4 nitrogen and oxygen atoms in total. The average Bonchev–Trinajstić information content (AvgIpc) is 2.41. The Morgan fingerprint density at radius 1 is 1.26 bits per heavy atom. The van der Waals surface area contributed by atoms with Gasteiger partial charge in [-0.1, -0.05) is 0 Å². The highest BCUT2D eigenvalue weighted by molar-refractivity contribution is 5.66. The van der Waals surface area contributed by atoms with Crippen LogP contribution in [0.2, 0.25) is 0 Å². The van der Waals surface area contributed by atoms with Crippen LogP contribution in [0.4, 0.5) is 0 Å². The number of carboxylic acid groups (broad SMARTS) is 1. The highest BCUT2D eigenvalue weighted by atomic mass is 16.4. The molecule has 4 heteroatoms. The molecule has 0 aromatic carbocycles. The molecule has 0 aliphatic carbocycles. The van der Waals surface area contributed by atoms with E-state index < -0.39 is 5.97 Å². The number of carbonyl (C=O) groups is 1. The van der Waals surface area contributed by atoms with Gasteiger partial charge in [-0.2, -0.15) is 0 Å². The van der Waals surface area contributed by atoms with E-state index in [1.54, 1.807) is 0 Å². The highest BCUT2D eigenvalue weighted by Crippen LogP contribution is 2.39. The second-order valence-corrected chi connectivity index (χ2v) is 6.54. The van der Waals surface area contributed by atoms with E-state index in [2.05, 4.69) is 10.2 Å². The molecule has 0 aromatic rings. The summed E-state index contributed by atoms with van der Waals surface area (Å²) in [6, 6.07) is 1.35. The molecular weight excluding hydrogens is 240 g/mol. The zero-order chi connectivity index (χ0) is 13.2. The first-order chi connectivity index (χ1) is 9.25. The summed E-state index contributed by atoms with van der Waals surface area (Å²) in [6.45, 7) is 3.73. The molecule has 0 radical (unpaired) electrons. The summed E-state index contributed by atoms with van der Waals surface area (Å²) in [6.07, 6.45) is 7.58. The quantitative estimate of drug-likeness (QED) is 0.813. The van der Waals surface area contributed by atoms with Crippen LogP contribution in [0.15, 0.2) is 0 Å². The molecule has 3 saturated heterocycles. The Bertz CT molecular complexity index is 325. The zero-order valence-electron chi connectivity index (χ0n) is 11.7. The van der Waals surface area contributed by atoms with Crippen molar-refractivity contribution < 1.29 is 9.90 Å². The standard InChI is InChI=1S/C15H26N2O2/c18-14(19)7-1-6-13-12-5-3-9-17-8-2-4-11(10-16-13)15(12)17/h11-13,15-16H,1-10H2,(H,18,19)/t11-,12+,13-,15+/m0/s1. The normalized spacial score (nSPS) is 38.7. The molecule has 3 aliphatic heterocycles. The summed E-state index contributed by atoms with van der Waals surface area (Å²) in [5, 5.41) is 12.5. The van der Waals surface area contributed by atoms with E-state index in [4.69, 9.17) is 5.11 Å². The lowest BCUT2D eigenvalue weighted by molar-refractivity contribution is -0.137. The van der Waals surface area contributed by atoms with Crippen molar-refractivity contribution in [3.05, 3.63) is 0 Å². The van der Waals surface area contributed by atoms with Crippen molar-refractivity contribution in [1.29, 1.82) is 0 Å². The topological polar surface area (TPSA) is 52.6 Å². The van der Waals surface area contributed by atoms with Gasteiger partial charge in [0.15, 0.2) is 0 Å². The molecule has 2 N–H and O–H groups in total. The van der Waals surface area contributed by atoms with Crippen LogP contribution in [-0.2, 0) is 4.79 Å². The lowest BCUT2D eigenvalue weighted by atomic mass is 9.70. The minimum atomic E-state index is -0.656. The molecule has 3 aliphatic rings. The molecule has 0 amide bonds. The van der Waals surface area contributed by atoms with Crippen LogP contribution in [-0.4, -0.2) is 47.7 Å². The first-order valence-electron chi connectivity index (χ1n) is 7.95. The van der Waals surface area contributed by atoms with Crippen molar-refractivity contribution in [3.8, 4) is 0 Å². The lowest BCUT2D eigenvalue weighted by Crippen LogP contribution is -2.63. The number of hydrogen-bond donors (Lipinski definition) is 2. The van der Waals surface area contributed by atoms with Gasteiger partial charge in [0.1, 0.15) is 0 Å². The Balaban J connectivity index is 1.62. The first-order valence-corrected chi connectivity index (χ1v) is 7.95. The SMILES string of the molecule is O=C(O)CCC[C@@H]1NC[C@@H]2CCCN3CCC[C@H]1[C@@H]23. The van der Waals surface area contributed by atoms with E-state index in [-0.39, 0.29) is 0 Å². The summed E-state index contributed by atoms with van der Waals surface area (Å²) in [4.78, 5) is 13.4. The van der Waals surface area contributed by atoms with Gasteiger partial charge in [0.05, 0.1) is 0 Å². The minimum absolute atomic E-state index is 0.322. The number of aliphatic carboxylic acids is 1. The van der Waals surface area contributed by atoms with Crippen LogP contribution in [0.3, 0.4) is 0 Å². The lowest BCUT2D eigenvalue weighted by Gasteiger charge is -2.54. The number of nitrogens with one attached hydrogen (secondary N) is 1. The largest absolute Gasteiger partial charge is 0.481 e. The zero-order valence-corrected chi connectivity index (χ0v) is 11.7. The van der Waals surface area contributed by atoms with Crippen LogP contribution >= 0.6 is 0 Å². The van der Waals surface area contributed by atoms with E-state index in [9.17, 15) is 4.79 Å². The van der Waals surface area contributed by atoms with Crippen molar-refractivity contribution >= 4 is 5.97 Å². The molecule has 0 spiro atoms. The highest BCUT2D eigenvalue weighted by Gasteiger charge is 2.45. The smallest absolute Gasteiger partial charge is 0.303 e. The second kappa shape index (κ2) is 5.80. The Morgan fingerprint density at radius 2 is 2.05 bits per heavy atom. The van der Waals surface area contributed by atoms with Gasteiger partial charge < -0.3 is 10.4 Å². The van der Waals surface area contributed by atoms with Crippen molar-refractivity contribution in [2.75, 3.05) is 19.6 Å². The first kappa shape index (κ1) is 13.4. The Hall–Kier alpha value is -0.610. The number of piperidine rings is 3. The maximum Gasteiger partial charge on any atom is 0.303 e. The summed E-state index contributed by atoms with van der Waals surface area (Å²) < 4.78 is 0. The van der Waals surface area contributed by atoms with Crippen molar-refractivity contribution in [2.45, 2.75) is 57.0 Å². The monoisotopic (exact) mass is 266 g/mol. The fourth-order valence-corrected chi connectivity index (χ4v) is 4.66. The van der Waals surface area contributed by atoms with Crippen LogP contribution in [0.25, 0.3) is 0 Å². The Kier molecular flexibility index (Phi) is 4.08. The predicted octanol–water partition coefficient (Wildman–Crippen LogP) is 1.70. The van der Waals surface area contributed by atoms with Gasteiger partial charge in [-0.15, -0.1) is 0 Å². The summed E-state index contributed by atoms with van der Waals surface area (Å²) in [7, 11) is 0. The van der Waals surface area contributed by atoms with Crippen LogP contribution in [0.1, 0.15) is 44.9 Å². The third-order valence-electron chi connectivity index (χ3n) is 5.41. The van der Waals surface area contributed by atoms with Gasteiger partial charge in [-0.3, -0.25) is 9.69 Å². The van der Waals surface area contributed by atoms with Crippen LogP contribution in [0, 0.1) is 11.8 Å². The number of hydrogen-bond acceptors (Lipinski definition) is 3. The van der Waals surface area contributed by atoms with Crippen molar-refractivity contribution in [3.63, 3.8) is 0 Å². The van der Waals surface area contributed by atoms with Gasteiger partial charge in [0.25, 0.3) is 0 Å². The second-order valence-electron chi connectivity index (χ2n) is 6.54. The molecule has 0 bridgehead atoms. The minimum Gasteiger partial charge on any atom is -0.481 e. The average molecular weight is 266 g/mol. The number of carboxylic acids is 1. The molecule has 3 heterocycles. The molecule has 3 rings (SSSR count). The van der Waals surface area contributed by atoms with E-state index in [0.29, 0.717) is 12.5 Å². The Labute approximate surface area is 115 Å². The fraction of sp³-hybridized carbons (Fsp3) is 0.933.